The van der Waals surface area contributed by atoms with Crippen LogP contribution in [0.1, 0.15) is 21.6 Å². The summed E-state index contributed by atoms with van der Waals surface area (Å²) in [5.74, 6) is -0.216. The number of carbonyl (C=O) groups is 1. The Morgan fingerprint density at radius 3 is 2.50 bits per heavy atom. The van der Waals surface area contributed by atoms with Crippen LogP contribution in [-0.2, 0) is 6.54 Å². The summed E-state index contributed by atoms with van der Waals surface area (Å²) < 4.78 is 2.82. The van der Waals surface area contributed by atoms with Crippen molar-refractivity contribution in [3.63, 3.8) is 0 Å². The number of fused-ring (bicyclic) bond motifs is 1. The van der Waals surface area contributed by atoms with Gasteiger partial charge in [0.1, 0.15) is 12.1 Å². The van der Waals surface area contributed by atoms with Crippen molar-refractivity contribution in [1.29, 1.82) is 0 Å². The van der Waals surface area contributed by atoms with Crippen molar-refractivity contribution >= 4 is 28.3 Å². The van der Waals surface area contributed by atoms with Gasteiger partial charge in [0.05, 0.1) is 17.6 Å². The number of aromatic nitrogens is 4. The molecule has 0 saturated carbocycles. The van der Waals surface area contributed by atoms with Crippen LogP contribution in [0.5, 0.6) is 0 Å². The van der Waals surface area contributed by atoms with E-state index in [4.69, 9.17) is 11.6 Å². The molecule has 0 aliphatic rings. The van der Waals surface area contributed by atoms with Crippen molar-refractivity contribution in [2.45, 2.75) is 20.4 Å². The maximum absolute atomic E-state index is 13.1. The van der Waals surface area contributed by atoms with Crippen LogP contribution in [0.2, 0.25) is 5.02 Å². The minimum absolute atomic E-state index is 0.157. The predicted octanol–water partition coefficient (Wildman–Crippen LogP) is 3.74. The molecule has 0 fully saturated rings. The van der Waals surface area contributed by atoms with Gasteiger partial charge in [-0.1, -0.05) is 29.8 Å². The average molecular weight is 393 g/mol. The third-order valence-electron chi connectivity index (χ3n) is 4.67. The number of carbonyl (C=O) groups excluding carboxylic acids is 1. The summed E-state index contributed by atoms with van der Waals surface area (Å²) in [5.41, 5.74) is 2.97. The second-order valence-corrected chi connectivity index (χ2v) is 7.02. The molecule has 2 aromatic heterocycles. The van der Waals surface area contributed by atoms with Gasteiger partial charge in [-0.05, 0) is 49.7 Å². The number of Topliss-reactive ketones (excluding diaryl/α,β-unsaturated/α-hetero) is 1. The molecule has 0 bridgehead atoms. The lowest BCUT2D eigenvalue weighted by Crippen LogP contribution is -2.28. The zero-order valence-corrected chi connectivity index (χ0v) is 16.1. The topological polar surface area (TPSA) is 69.8 Å². The molecule has 140 valence electrons. The first-order valence-electron chi connectivity index (χ1n) is 8.76. The molecule has 0 aliphatic heterocycles. The number of aryl methyl sites for hydroxylation is 2. The number of nitrogens with zero attached hydrogens (tertiary/aromatic N) is 4. The van der Waals surface area contributed by atoms with E-state index in [1.165, 1.54) is 4.68 Å². The molecule has 6 nitrogen and oxygen atoms in total. The fourth-order valence-electron chi connectivity index (χ4n) is 3.18. The molecule has 4 rings (SSSR count). The molecule has 0 N–H and O–H groups in total. The summed E-state index contributed by atoms with van der Waals surface area (Å²) in [4.78, 5) is 25.7. The van der Waals surface area contributed by atoms with Crippen molar-refractivity contribution in [2.75, 3.05) is 0 Å². The first-order valence-corrected chi connectivity index (χ1v) is 9.13. The van der Waals surface area contributed by atoms with E-state index in [-0.39, 0.29) is 17.9 Å². The molecular weight excluding hydrogens is 376 g/mol. The molecule has 0 amide bonds. The minimum atomic E-state index is -0.358. The van der Waals surface area contributed by atoms with Gasteiger partial charge in [0.25, 0.3) is 5.56 Å². The van der Waals surface area contributed by atoms with E-state index in [1.807, 2.05) is 31.2 Å². The number of benzene rings is 2. The Labute approximate surface area is 166 Å². The fraction of sp³-hybridized carbons (Fsp3) is 0.143. The van der Waals surface area contributed by atoms with Gasteiger partial charge in [-0.25, -0.2) is 9.36 Å². The van der Waals surface area contributed by atoms with E-state index in [0.29, 0.717) is 27.2 Å². The van der Waals surface area contributed by atoms with Gasteiger partial charge in [-0.2, -0.15) is 10.2 Å². The van der Waals surface area contributed by atoms with Gasteiger partial charge >= 0.3 is 0 Å². The predicted molar refractivity (Wildman–Crippen MR) is 108 cm³/mol. The van der Waals surface area contributed by atoms with Crippen molar-refractivity contribution in [3.05, 3.63) is 86.9 Å². The van der Waals surface area contributed by atoms with Crippen LogP contribution in [0.3, 0.4) is 0 Å². The first kappa shape index (κ1) is 18.1. The Balaban J connectivity index is 1.82. The Kier molecular flexibility index (Phi) is 4.57. The highest BCUT2D eigenvalue weighted by molar-refractivity contribution is 6.30. The van der Waals surface area contributed by atoms with Crippen LogP contribution in [-0.4, -0.2) is 25.3 Å². The summed E-state index contributed by atoms with van der Waals surface area (Å²) in [6, 6.07) is 14.3. The van der Waals surface area contributed by atoms with Crippen molar-refractivity contribution in [3.8, 4) is 5.69 Å². The van der Waals surface area contributed by atoms with Gasteiger partial charge in [0.15, 0.2) is 5.78 Å². The SMILES string of the molecule is Cc1ccccc1-n1ncc2c(C)nn(CC(=O)c3ccc(Cl)cc3)c(=O)c21. The quantitative estimate of drug-likeness (QED) is 0.496. The lowest BCUT2D eigenvalue weighted by Gasteiger charge is -2.10. The largest absolute Gasteiger partial charge is 0.293 e. The third-order valence-corrected chi connectivity index (χ3v) is 4.92. The highest BCUT2D eigenvalue weighted by atomic mass is 35.5. The average Bonchev–Trinajstić information content (AvgIpc) is 3.12. The van der Waals surface area contributed by atoms with Crippen molar-refractivity contribution in [2.24, 2.45) is 0 Å². The fourth-order valence-corrected chi connectivity index (χ4v) is 3.30. The van der Waals surface area contributed by atoms with Gasteiger partial charge in [0, 0.05) is 16.0 Å². The number of halogens is 1. The monoisotopic (exact) mass is 392 g/mol. The molecule has 2 aromatic carbocycles. The van der Waals surface area contributed by atoms with Crippen molar-refractivity contribution in [1.82, 2.24) is 19.6 Å². The van der Waals surface area contributed by atoms with E-state index in [1.54, 1.807) is 42.1 Å². The van der Waals surface area contributed by atoms with Crippen LogP contribution >= 0.6 is 11.6 Å². The van der Waals surface area contributed by atoms with Gasteiger partial charge in [-0.3, -0.25) is 9.59 Å². The van der Waals surface area contributed by atoms with E-state index < -0.39 is 0 Å². The van der Waals surface area contributed by atoms with Crippen LogP contribution in [0, 0.1) is 13.8 Å². The number of hydrogen-bond acceptors (Lipinski definition) is 4. The van der Waals surface area contributed by atoms with Crippen LogP contribution < -0.4 is 5.56 Å². The summed E-state index contributed by atoms with van der Waals surface area (Å²) >= 11 is 5.88. The van der Waals surface area contributed by atoms with Crippen molar-refractivity contribution < 1.29 is 4.79 Å². The number of rotatable bonds is 4. The molecule has 0 saturated heterocycles. The Bertz CT molecular complexity index is 1260. The minimum Gasteiger partial charge on any atom is -0.292 e. The summed E-state index contributed by atoms with van der Waals surface area (Å²) in [5, 5.41) is 9.93. The normalized spacial score (nSPS) is 11.1. The number of hydrogen-bond donors (Lipinski definition) is 0. The van der Waals surface area contributed by atoms with Crippen LogP contribution in [0.25, 0.3) is 16.6 Å². The Hall–Kier alpha value is -3.25. The number of ketones is 1. The molecule has 7 heteroatoms. The van der Waals surface area contributed by atoms with E-state index in [0.717, 1.165) is 11.3 Å². The van der Waals surface area contributed by atoms with Gasteiger partial charge in [-0.15, -0.1) is 0 Å². The second kappa shape index (κ2) is 7.05. The van der Waals surface area contributed by atoms with E-state index >= 15 is 0 Å². The van der Waals surface area contributed by atoms with Crippen LogP contribution in [0.4, 0.5) is 0 Å². The lowest BCUT2D eigenvalue weighted by molar-refractivity contribution is 0.0966. The second-order valence-electron chi connectivity index (χ2n) is 6.58. The maximum Gasteiger partial charge on any atom is 0.293 e. The Morgan fingerprint density at radius 2 is 1.79 bits per heavy atom. The lowest BCUT2D eigenvalue weighted by atomic mass is 10.1. The highest BCUT2D eigenvalue weighted by Crippen LogP contribution is 2.19. The third kappa shape index (κ3) is 3.12. The zero-order valence-electron chi connectivity index (χ0n) is 15.4. The van der Waals surface area contributed by atoms with E-state index in [9.17, 15) is 9.59 Å². The molecule has 2 heterocycles. The summed E-state index contributed by atoms with van der Waals surface area (Å²) in [6.07, 6.45) is 1.64. The maximum atomic E-state index is 13.1. The van der Waals surface area contributed by atoms with Gasteiger partial charge in [0.2, 0.25) is 0 Å². The molecular formula is C21H17ClN4O2. The molecule has 0 atom stereocenters. The van der Waals surface area contributed by atoms with Gasteiger partial charge < -0.3 is 0 Å². The first-order chi connectivity index (χ1) is 13.5. The zero-order chi connectivity index (χ0) is 19.8. The highest BCUT2D eigenvalue weighted by Gasteiger charge is 2.17. The molecule has 0 unspecified atom stereocenters. The van der Waals surface area contributed by atoms with E-state index in [2.05, 4.69) is 10.2 Å². The molecule has 0 radical (unpaired) electrons. The molecule has 28 heavy (non-hydrogen) atoms. The number of para-hydroxylation sites is 1. The molecule has 0 spiro atoms. The smallest absolute Gasteiger partial charge is 0.292 e. The molecule has 0 aliphatic carbocycles. The molecule has 4 aromatic rings. The Morgan fingerprint density at radius 1 is 1.07 bits per heavy atom. The summed E-state index contributed by atoms with van der Waals surface area (Å²) in [7, 11) is 0. The van der Waals surface area contributed by atoms with Crippen LogP contribution in [0.15, 0.2) is 59.5 Å². The summed E-state index contributed by atoms with van der Waals surface area (Å²) in [6.45, 7) is 3.60. The standard InChI is InChI=1S/C21H17ClN4O2/c1-13-5-3-4-6-18(13)26-20-17(11-23-26)14(2)24-25(21(20)28)12-19(27)15-7-9-16(22)10-8-15/h3-11H,12H2,1-2H3.